The Morgan fingerprint density at radius 1 is 0.214 bits per heavy atom. The number of aromatic nitrogens is 6. The summed E-state index contributed by atoms with van der Waals surface area (Å²) in [6, 6.07) is 156. The van der Waals surface area contributed by atoms with Crippen molar-refractivity contribution in [3.63, 3.8) is 0 Å². The third kappa shape index (κ3) is 22.3. The van der Waals surface area contributed by atoms with E-state index in [9.17, 15) is 0 Å². The number of hydrogen-bond acceptors (Lipinski definition) is 18. The summed E-state index contributed by atoms with van der Waals surface area (Å²) in [7, 11) is 0. The summed E-state index contributed by atoms with van der Waals surface area (Å²) in [5.41, 5.74) is 27.9. The predicted molar refractivity (Wildman–Crippen MR) is 582 cm³/mol. The van der Waals surface area contributed by atoms with Gasteiger partial charge in [-0.25, -0.2) is 29.9 Å². The maximum absolute atomic E-state index is 4.87. The normalized spacial score (nSPS) is 13.2. The van der Waals surface area contributed by atoms with Gasteiger partial charge in [-0.15, -0.1) is 92.3 Å². The molecular formula is C124H98Ir3N18-12. The third-order valence-corrected chi connectivity index (χ3v) is 24.8. The molecule has 17 aromatic carbocycles. The first-order valence-corrected chi connectivity index (χ1v) is 47.4. The monoisotopic (exact) mass is 2420 g/mol. The number of para-hydroxylation sites is 12. The van der Waals surface area contributed by atoms with Gasteiger partial charge in [0.25, 0.3) is 0 Å². The smallest absolute Gasteiger partial charge is 0.146 e. The van der Waals surface area contributed by atoms with Gasteiger partial charge in [0.2, 0.25) is 0 Å². The van der Waals surface area contributed by atoms with Crippen LogP contribution in [0.4, 0.5) is 115 Å². The second kappa shape index (κ2) is 46.0. The average Bonchev–Trinajstić information content (AvgIpc) is 1.62. The quantitative estimate of drug-likeness (QED) is 0.0961. The van der Waals surface area contributed by atoms with E-state index in [1.807, 2.05) is 253 Å². The first-order chi connectivity index (χ1) is 69.9. The number of fused-ring (bicyclic) bond motifs is 8. The number of rotatable bonds is 14. The van der Waals surface area contributed by atoms with Crippen molar-refractivity contribution in [3.8, 4) is 0 Å². The van der Waals surface area contributed by atoms with Gasteiger partial charge in [-0.2, -0.15) is 162 Å². The Hall–Kier alpha value is -16.0. The van der Waals surface area contributed by atoms with Gasteiger partial charge in [-0.3, -0.25) is 0 Å². The maximum atomic E-state index is 4.87. The standard InChI is InChI=1S/C25H20N2.3C21H14N4.C19H20N2.C17H16N2.3Ir/c1-18-7-11-22(12-8-18)26-17-27(23-13-9-19(2)10-14-23)25-16-21-6-4-3-5-20(21)15-24(25)26;3*1-3-9-16(10-4-1)24-15-25(17-11-5-2-6-12-17)21-20(24)22-18-13-7-8-14-19(18)23-21;1-3-16-5-9-18(10-6-16)20-13-14-21(15-20)19-11-7-17(4-2)8-12-19;1-14-3-7-16(8-4-14)18-11-12-19(13-18)17-9-5-15(2)6-10-17;;;/h3-13,15-17H,1-2H3;3*1-11,13-15H;5-11,13-15H,3-4H2,1-2H3;3-9,11-13H,1-2H3;;;/q6*-2;;;. The van der Waals surface area contributed by atoms with Crippen molar-refractivity contribution in [3.05, 3.63) is 535 Å². The first-order valence-electron chi connectivity index (χ1n) is 47.4. The molecule has 0 fully saturated rings. The van der Waals surface area contributed by atoms with E-state index in [1.54, 1.807) is 0 Å². The second-order valence-electron chi connectivity index (χ2n) is 34.5. The summed E-state index contributed by atoms with van der Waals surface area (Å²) in [4.78, 5) is 54.3. The van der Waals surface area contributed by atoms with E-state index in [1.165, 1.54) is 61.2 Å². The van der Waals surface area contributed by atoms with Crippen molar-refractivity contribution in [2.45, 2.75) is 54.4 Å². The number of benzene rings is 17. The van der Waals surface area contributed by atoms with Gasteiger partial charge in [0, 0.05) is 106 Å². The molecule has 0 aliphatic carbocycles. The molecule has 26 rings (SSSR count). The molecule has 9 heterocycles. The molecule has 0 unspecified atom stereocenters. The molecule has 6 aliphatic rings. The minimum absolute atomic E-state index is 0. The van der Waals surface area contributed by atoms with Gasteiger partial charge >= 0.3 is 0 Å². The molecule has 0 spiro atoms. The van der Waals surface area contributed by atoms with Gasteiger partial charge in [-0.05, 0) is 183 Å². The number of anilines is 20. The molecule has 6 aliphatic heterocycles. The SMILES string of the molecule is CCc1c[c-]c(N2C=CN(c3ccc(CC)cc3)[CH-]2)cc1.Cc1c[c-]c(N2C=CN(c3ccc(C)cc3)[CH-]2)cc1.Cc1c[c-]c(N2[CH-]N(c3ccc(C)cc3)c3cc4ccccc4cc32)cc1.[Ir].[Ir].[Ir].[c-]1ccccc1N1[CH-]N(c2ccccc2)c2nc3ccccc3nc21.[c-]1ccccc1N1[CH-]N(c2ccccc2)c2nc3ccccc3nc21.[c-]1ccccc1N1[CH-]N(c2ccccc2)c2nc3ccccc3nc21. The van der Waals surface area contributed by atoms with E-state index in [2.05, 4.69) is 349 Å². The molecule has 3 radical (unpaired) electrons. The van der Waals surface area contributed by atoms with E-state index in [0.29, 0.717) is 0 Å². The summed E-state index contributed by atoms with van der Waals surface area (Å²) in [6.45, 7) is 25.1. The summed E-state index contributed by atoms with van der Waals surface area (Å²) in [6.07, 6.45) is 10.4. The molecule has 3 aromatic heterocycles. The molecule has 723 valence electrons. The van der Waals surface area contributed by atoms with Crippen LogP contribution in [-0.2, 0) is 73.2 Å². The van der Waals surface area contributed by atoms with Gasteiger partial charge in [-0.1, -0.05) is 197 Å². The van der Waals surface area contributed by atoms with Gasteiger partial charge in [0.15, 0.2) is 0 Å². The summed E-state index contributed by atoms with van der Waals surface area (Å²) >= 11 is 0. The molecule has 0 atom stereocenters. The van der Waals surface area contributed by atoms with Crippen molar-refractivity contribution in [1.29, 1.82) is 0 Å². The van der Waals surface area contributed by atoms with Crippen molar-refractivity contribution >= 4 is 158 Å². The van der Waals surface area contributed by atoms with Crippen LogP contribution in [0.2, 0.25) is 0 Å². The minimum atomic E-state index is 0. The molecule has 18 nitrogen and oxygen atoms in total. The van der Waals surface area contributed by atoms with Crippen molar-refractivity contribution < 1.29 is 60.3 Å². The van der Waals surface area contributed by atoms with Crippen molar-refractivity contribution in [2.75, 3.05) is 58.8 Å². The molecule has 145 heavy (non-hydrogen) atoms. The fourth-order valence-electron chi connectivity index (χ4n) is 17.0. The van der Waals surface area contributed by atoms with Gasteiger partial charge in [0.1, 0.15) is 34.9 Å². The third-order valence-electron chi connectivity index (χ3n) is 24.8. The van der Waals surface area contributed by atoms with Crippen LogP contribution >= 0.6 is 0 Å². The minimum Gasteiger partial charge on any atom is -0.500 e. The van der Waals surface area contributed by atoms with Crippen LogP contribution in [0.1, 0.15) is 47.2 Å². The van der Waals surface area contributed by atoms with E-state index in [-0.39, 0.29) is 60.3 Å². The Balaban J connectivity index is 0.000000114. The van der Waals surface area contributed by atoms with Crippen LogP contribution in [0, 0.1) is 104 Å². The molecule has 20 aromatic rings. The zero-order valence-electron chi connectivity index (χ0n) is 80.3. The van der Waals surface area contributed by atoms with Crippen LogP contribution in [0.3, 0.4) is 0 Å². The second-order valence-corrected chi connectivity index (χ2v) is 34.5. The molecule has 0 amide bonds. The maximum Gasteiger partial charge on any atom is 0.146 e. The topological polar surface area (TPSA) is 116 Å². The Morgan fingerprint density at radius 2 is 0.490 bits per heavy atom. The van der Waals surface area contributed by atoms with Gasteiger partial charge in [0.05, 0.1) is 33.1 Å². The summed E-state index contributed by atoms with van der Waals surface area (Å²) < 4.78 is 0. The van der Waals surface area contributed by atoms with E-state index < -0.39 is 0 Å². The Labute approximate surface area is 889 Å². The Morgan fingerprint density at radius 3 is 0.828 bits per heavy atom. The summed E-state index contributed by atoms with van der Waals surface area (Å²) in [5.74, 6) is 4.89. The van der Waals surface area contributed by atoms with E-state index in [4.69, 9.17) is 29.9 Å². The number of nitrogens with zero attached hydrogens (tertiary/aromatic N) is 18. The molecule has 0 N–H and O–H groups in total. The van der Waals surface area contributed by atoms with Crippen LogP contribution in [0.15, 0.2) is 425 Å². The van der Waals surface area contributed by atoms with E-state index >= 15 is 0 Å². The average molecular weight is 2420 g/mol. The zero-order valence-corrected chi connectivity index (χ0v) is 87.5. The summed E-state index contributed by atoms with van der Waals surface area (Å²) in [5, 5.41) is 2.49. The molecule has 0 bridgehead atoms. The Bertz CT molecular complexity index is 6930. The first kappa shape index (κ1) is 99.2. The number of aryl methyl sites for hydroxylation is 6. The van der Waals surface area contributed by atoms with Crippen LogP contribution in [0.25, 0.3) is 43.9 Å². The fourth-order valence-corrected chi connectivity index (χ4v) is 17.0. The van der Waals surface area contributed by atoms with Crippen molar-refractivity contribution in [2.24, 2.45) is 0 Å². The molecule has 21 heteroatoms. The zero-order chi connectivity index (χ0) is 96.2. The van der Waals surface area contributed by atoms with Crippen LogP contribution in [-0.4, -0.2) is 29.9 Å². The van der Waals surface area contributed by atoms with Crippen molar-refractivity contribution in [1.82, 2.24) is 29.9 Å². The van der Waals surface area contributed by atoms with Crippen LogP contribution < -0.4 is 58.8 Å². The fraction of sp³-hybridized carbons (Fsp3) is 0.0645. The van der Waals surface area contributed by atoms with E-state index in [0.717, 1.165) is 143 Å². The Kier molecular flexibility index (Phi) is 31.4. The van der Waals surface area contributed by atoms with Crippen LogP contribution in [0.5, 0.6) is 0 Å². The molecule has 0 saturated carbocycles. The predicted octanol–water partition coefficient (Wildman–Crippen LogP) is 29.7. The van der Waals surface area contributed by atoms with Gasteiger partial charge < -0.3 is 58.8 Å². The molecular weight excluding hydrogens is 2320 g/mol. The largest absolute Gasteiger partial charge is 0.500 e. The number of hydrogen-bond donors (Lipinski definition) is 0. The molecule has 0 saturated heterocycles.